The van der Waals surface area contributed by atoms with Crippen molar-refractivity contribution in [2.45, 2.75) is 6.92 Å². The summed E-state index contributed by atoms with van der Waals surface area (Å²) in [6, 6.07) is 7.03. The number of amides is 2. The van der Waals surface area contributed by atoms with Crippen LogP contribution in [0.5, 0.6) is 5.75 Å². The van der Waals surface area contributed by atoms with Crippen LogP contribution in [0, 0.1) is 0 Å². The lowest BCUT2D eigenvalue weighted by Crippen LogP contribution is -2.27. The zero-order chi connectivity index (χ0) is 15.8. The number of ether oxygens (including phenoxy) is 2. The molecule has 7 heteroatoms. The van der Waals surface area contributed by atoms with Crippen LogP contribution in [-0.2, 0) is 9.53 Å². The summed E-state index contributed by atoms with van der Waals surface area (Å²) < 4.78 is 9.77. The second kappa shape index (κ2) is 7.88. The largest absolute Gasteiger partial charge is 0.484 e. The summed E-state index contributed by atoms with van der Waals surface area (Å²) in [5, 5.41) is 3.88. The van der Waals surface area contributed by atoms with Crippen LogP contribution in [0.1, 0.15) is 12.5 Å². The van der Waals surface area contributed by atoms with E-state index >= 15 is 0 Å². The summed E-state index contributed by atoms with van der Waals surface area (Å²) in [6.45, 7) is 1.74. The molecular formula is C14H19N3O4. The van der Waals surface area contributed by atoms with E-state index < -0.39 is 6.09 Å². The van der Waals surface area contributed by atoms with Crippen LogP contribution in [0.25, 0.3) is 0 Å². The van der Waals surface area contributed by atoms with Crippen LogP contribution in [-0.4, -0.2) is 50.4 Å². The number of carbonyl (C=O) groups is 2. The number of hydrogen-bond donors (Lipinski definition) is 1. The van der Waals surface area contributed by atoms with E-state index in [1.54, 1.807) is 45.3 Å². The van der Waals surface area contributed by atoms with E-state index in [2.05, 4.69) is 15.3 Å². The molecule has 1 rings (SSSR count). The Morgan fingerprint density at radius 3 is 2.38 bits per heavy atom. The number of benzene rings is 1. The number of nitrogens with zero attached hydrogens (tertiary/aromatic N) is 2. The highest BCUT2D eigenvalue weighted by Crippen LogP contribution is 2.12. The molecule has 0 fully saturated rings. The quantitative estimate of drug-likeness (QED) is 0.654. The van der Waals surface area contributed by atoms with Crippen LogP contribution in [0.2, 0.25) is 0 Å². The van der Waals surface area contributed by atoms with Crippen molar-refractivity contribution in [3.05, 3.63) is 29.8 Å². The number of methoxy groups -OCH3 is 1. The Balaban J connectivity index is 2.61. The zero-order valence-corrected chi connectivity index (χ0v) is 12.5. The Morgan fingerprint density at radius 1 is 1.24 bits per heavy atom. The van der Waals surface area contributed by atoms with Gasteiger partial charge >= 0.3 is 6.09 Å². The Hall–Kier alpha value is -2.57. The van der Waals surface area contributed by atoms with Gasteiger partial charge in [-0.2, -0.15) is 5.10 Å². The predicted molar refractivity (Wildman–Crippen MR) is 78.4 cm³/mol. The number of rotatable bonds is 5. The predicted octanol–water partition coefficient (Wildman–Crippen LogP) is 1.23. The molecule has 0 unspecified atom stereocenters. The summed E-state index contributed by atoms with van der Waals surface area (Å²) in [6.07, 6.45) is -0.628. The number of hydrogen-bond acceptors (Lipinski definition) is 5. The van der Waals surface area contributed by atoms with Gasteiger partial charge in [0.1, 0.15) is 5.75 Å². The molecule has 21 heavy (non-hydrogen) atoms. The van der Waals surface area contributed by atoms with E-state index in [4.69, 9.17) is 4.74 Å². The van der Waals surface area contributed by atoms with Crippen molar-refractivity contribution >= 4 is 17.7 Å². The van der Waals surface area contributed by atoms with Crippen molar-refractivity contribution in [1.82, 2.24) is 10.3 Å². The summed E-state index contributed by atoms with van der Waals surface area (Å²) >= 11 is 0. The van der Waals surface area contributed by atoms with Crippen LogP contribution >= 0.6 is 0 Å². The molecule has 0 aliphatic carbocycles. The SMILES string of the molecule is COC(=O)N/N=C(/C)c1ccc(OCC(=O)N(C)C)cc1. The third-order valence-electron chi connectivity index (χ3n) is 2.63. The molecule has 1 N–H and O–H groups in total. The van der Waals surface area contributed by atoms with Crippen LogP contribution in [0.3, 0.4) is 0 Å². The van der Waals surface area contributed by atoms with Gasteiger partial charge in [-0.3, -0.25) is 4.79 Å². The highest BCUT2D eigenvalue weighted by atomic mass is 16.5. The first-order valence-electron chi connectivity index (χ1n) is 6.25. The first-order valence-corrected chi connectivity index (χ1v) is 6.25. The van der Waals surface area contributed by atoms with Crippen LogP contribution in [0.15, 0.2) is 29.4 Å². The summed E-state index contributed by atoms with van der Waals surface area (Å²) in [7, 11) is 4.60. The monoisotopic (exact) mass is 293 g/mol. The first kappa shape index (κ1) is 16.5. The molecule has 0 radical (unpaired) electrons. The average Bonchev–Trinajstić information content (AvgIpc) is 2.50. The lowest BCUT2D eigenvalue weighted by Gasteiger charge is -2.11. The number of nitrogens with one attached hydrogen (secondary N) is 1. The van der Waals surface area contributed by atoms with E-state index in [0.717, 1.165) is 5.56 Å². The van der Waals surface area contributed by atoms with Gasteiger partial charge in [0.2, 0.25) is 0 Å². The minimum atomic E-state index is -0.628. The second-order valence-corrected chi connectivity index (χ2v) is 4.40. The Labute approximate surface area is 123 Å². The lowest BCUT2D eigenvalue weighted by atomic mass is 10.1. The molecule has 1 aromatic carbocycles. The Kier molecular flexibility index (Phi) is 6.19. The third kappa shape index (κ3) is 5.52. The van der Waals surface area contributed by atoms with Gasteiger partial charge in [0.25, 0.3) is 5.91 Å². The van der Waals surface area contributed by atoms with Crippen molar-refractivity contribution in [3.8, 4) is 5.75 Å². The molecule has 0 aliphatic heterocycles. The van der Waals surface area contributed by atoms with Crippen molar-refractivity contribution in [1.29, 1.82) is 0 Å². The van der Waals surface area contributed by atoms with Crippen molar-refractivity contribution in [3.63, 3.8) is 0 Å². The maximum Gasteiger partial charge on any atom is 0.427 e. The molecule has 0 bridgehead atoms. The molecule has 0 aromatic heterocycles. The average molecular weight is 293 g/mol. The molecular weight excluding hydrogens is 274 g/mol. The van der Waals surface area contributed by atoms with Gasteiger partial charge in [0, 0.05) is 14.1 Å². The van der Waals surface area contributed by atoms with Gasteiger partial charge in [0.15, 0.2) is 6.61 Å². The van der Waals surface area contributed by atoms with Gasteiger partial charge in [-0.15, -0.1) is 0 Å². The third-order valence-corrected chi connectivity index (χ3v) is 2.63. The molecule has 0 spiro atoms. The fraction of sp³-hybridized carbons (Fsp3) is 0.357. The topological polar surface area (TPSA) is 80.2 Å². The smallest absolute Gasteiger partial charge is 0.427 e. The second-order valence-electron chi connectivity index (χ2n) is 4.40. The highest BCUT2D eigenvalue weighted by Gasteiger charge is 2.05. The van der Waals surface area contributed by atoms with Gasteiger partial charge in [-0.05, 0) is 36.8 Å². The fourth-order valence-corrected chi connectivity index (χ4v) is 1.31. The standard InChI is InChI=1S/C14H19N3O4/c1-10(15-16-14(19)20-4)11-5-7-12(8-6-11)21-9-13(18)17(2)3/h5-8H,9H2,1-4H3,(H,16,19)/b15-10-. The van der Waals surface area contributed by atoms with Gasteiger partial charge in [0.05, 0.1) is 12.8 Å². The maximum absolute atomic E-state index is 11.4. The molecule has 0 saturated carbocycles. The van der Waals surface area contributed by atoms with Crippen molar-refractivity contribution < 1.29 is 19.1 Å². The molecule has 0 saturated heterocycles. The van der Waals surface area contributed by atoms with E-state index in [1.165, 1.54) is 12.0 Å². The van der Waals surface area contributed by atoms with E-state index in [-0.39, 0.29) is 12.5 Å². The number of hydrazone groups is 1. The van der Waals surface area contributed by atoms with Gasteiger partial charge < -0.3 is 14.4 Å². The normalized spacial score (nSPS) is 10.8. The maximum atomic E-state index is 11.4. The highest BCUT2D eigenvalue weighted by molar-refractivity contribution is 5.99. The minimum Gasteiger partial charge on any atom is -0.484 e. The molecule has 114 valence electrons. The Bertz CT molecular complexity index is 524. The number of carbonyl (C=O) groups excluding carboxylic acids is 2. The van der Waals surface area contributed by atoms with Crippen LogP contribution < -0.4 is 10.2 Å². The molecule has 0 heterocycles. The van der Waals surface area contributed by atoms with Gasteiger partial charge in [-0.1, -0.05) is 0 Å². The van der Waals surface area contributed by atoms with Crippen molar-refractivity contribution in [2.75, 3.05) is 27.8 Å². The molecule has 0 aliphatic rings. The summed E-state index contributed by atoms with van der Waals surface area (Å²) in [5.41, 5.74) is 3.68. The van der Waals surface area contributed by atoms with E-state index in [9.17, 15) is 9.59 Å². The number of likely N-dealkylation sites (N-methyl/N-ethyl adjacent to an activating group) is 1. The molecule has 1 aromatic rings. The van der Waals surface area contributed by atoms with E-state index in [0.29, 0.717) is 11.5 Å². The van der Waals surface area contributed by atoms with Crippen molar-refractivity contribution in [2.24, 2.45) is 5.10 Å². The first-order chi connectivity index (χ1) is 9.93. The molecule has 2 amide bonds. The molecule has 0 atom stereocenters. The lowest BCUT2D eigenvalue weighted by molar-refractivity contribution is -0.130. The minimum absolute atomic E-state index is 0.0106. The summed E-state index contributed by atoms with van der Waals surface area (Å²) in [5.74, 6) is 0.474. The van der Waals surface area contributed by atoms with E-state index in [1.807, 2.05) is 0 Å². The molecule has 7 nitrogen and oxygen atoms in total. The zero-order valence-electron chi connectivity index (χ0n) is 12.5. The Morgan fingerprint density at radius 2 is 1.86 bits per heavy atom. The van der Waals surface area contributed by atoms with Crippen LogP contribution in [0.4, 0.5) is 4.79 Å². The summed E-state index contributed by atoms with van der Waals surface area (Å²) in [4.78, 5) is 23.8. The fourth-order valence-electron chi connectivity index (χ4n) is 1.31. The van der Waals surface area contributed by atoms with Gasteiger partial charge in [-0.25, -0.2) is 10.2 Å².